The standard InChI is InChI=1S/C13H10ClNO/c14-6-2-1-3-10-4-5-11-9-15-13(16)8-12(11)7-10/h4-5,7-9H,2,6H2,(H,15,16). The van der Waals surface area contributed by atoms with E-state index in [0.29, 0.717) is 12.3 Å². The van der Waals surface area contributed by atoms with Crippen molar-refractivity contribution in [1.82, 2.24) is 4.98 Å². The summed E-state index contributed by atoms with van der Waals surface area (Å²) in [6, 6.07) is 7.35. The number of nitrogens with one attached hydrogen (secondary N) is 1. The van der Waals surface area contributed by atoms with E-state index in [9.17, 15) is 4.79 Å². The molecule has 0 saturated carbocycles. The minimum absolute atomic E-state index is 0.0987. The van der Waals surface area contributed by atoms with Crippen LogP contribution in [0.25, 0.3) is 10.8 Å². The summed E-state index contributed by atoms with van der Waals surface area (Å²) in [6.45, 7) is 0. The van der Waals surface area contributed by atoms with Crippen LogP contribution in [0.4, 0.5) is 0 Å². The van der Waals surface area contributed by atoms with Crippen LogP contribution in [0.2, 0.25) is 0 Å². The molecule has 80 valence electrons. The zero-order valence-electron chi connectivity index (χ0n) is 8.59. The molecule has 0 spiro atoms. The van der Waals surface area contributed by atoms with Crippen LogP contribution in [0.3, 0.4) is 0 Å². The minimum atomic E-state index is -0.0987. The van der Waals surface area contributed by atoms with Crippen LogP contribution in [0.5, 0.6) is 0 Å². The van der Waals surface area contributed by atoms with Gasteiger partial charge < -0.3 is 4.98 Å². The van der Waals surface area contributed by atoms with Crippen molar-refractivity contribution in [2.24, 2.45) is 0 Å². The number of hydrogen-bond donors (Lipinski definition) is 1. The lowest BCUT2D eigenvalue weighted by Crippen LogP contribution is -2.01. The number of H-pyrrole nitrogens is 1. The van der Waals surface area contributed by atoms with Gasteiger partial charge in [0.15, 0.2) is 0 Å². The van der Waals surface area contributed by atoms with E-state index in [1.54, 1.807) is 12.3 Å². The van der Waals surface area contributed by atoms with Crippen molar-refractivity contribution < 1.29 is 0 Å². The van der Waals surface area contributed by atoms with Gasteiger partial charge in [-0.05, 0) is 22.9 Å². The molecule has 1 aromatic carbocycles. The van der Waals surface area contributed by atoms with Gasteiger partial charge in [0.2, 0.25) is 5.56 Å². The summed E-state index contributed by atoms with van der Waals surface area (Å²) >= 11 is 5.54. The molecule has 2 rings (SSSR count). The average molecular weight is 232 g/mol. The van der Waals surface area contributed by atoms with Gasteiger partial charge in [-0.2, -0.15) is 0 Å². The lowest BCUT2D eigenvalue weighted by Gasteiger charge is -1.96. The molecule has 0 amide bonds. The highest BCUT2D eigenvalue weighted by atomic mass is 35.5. The number of rotatable bonds is 1. The third-order valence-electron chi connectivity index (χ3n) is 2.20. The van der Waals surface area contributed by atoms with E-state index >= 15 is 0 Å². The molecule has 0 atom stereocenters. The lowest BCUT2D eigenvalue weighted by molar-refractivity contribution is 1.27. The largest absolute Gasteiger partial charge is 0.328 e. The molecule has 2 nitrogen and oxygen atoms in total. The van der Waals surface area contributed by atoms with E-state index in [2.05, 4.69) is 16.8 Å². The van der Waals surface area contributed by atoms with Gasteiger partial charge in [-0.1, -0.05) is 17.9 Å². The maximum atomic E-state index is 11.1. The molecule has 16 heavy (non-hydrogen) atoms. The Hall–Kier alpha value is -1.72. The Labute approximate surface area is 98.3 Å². The molecule has 0 unspecified atom stereocenters. The number of halogens is 1. The predicted molar refractivity (Wildman–Crippen MR) is 66.8 cm³/mol. The molecule has 0 bridgehead atoms. The van der Waals surface area contributed by atoms with Crippen molar-refractivity contribution in [2.45, 2.75) is 6.42 Å². The third kappa shape index (κ3) is 2.44. The zero-order valence-corrected chi connectivity index (χ0v) is 9.34. The van der Waals surface area contributed by atoms with Crippen LogP contribution >= 0.6 is 11.6 Å². The number of fused-ring (bicyclic) bond motifs is 1. The van der Waals surface area contributed by atoms with Gasteiger partial charge in [0, 0.05) is 30.1 Å². The molecular formula is C13H10ClNO. The summed E-state index contributed by atoms with van der Waals surface area (Å²) in [5, 5.41) is 1.91. The fourth-order valence-corrected chi connectivity index (χ4v) is 1.55. The van der Waals surface area contributed by atoms with Crippen molar-refractivity contribution in [3.8, 4) is 11.8 Å². The highest BCUT2D eigenvalue weighted by molar-refractivity contribution is 6.18. The van der Waals surface area contributed by atoms with Crippen LogP contribution in [0.15, 0.2) is 35.3 Å². The van der Waals surface area contributed by atoms with Gasteiger partial charge in [-0.25, -0.2) is 0 Å². The summed E-state index contributed by atoms with van der Waals surface area (Å²) in [6.07, 6.45) is 2.38. The molecule has 0 radical (unpaired) electrons. The average Bonchev–Trinajstić information content (AvgIpc) is 2.29. The second kappa shape index (κ2) is 4.87. The number of aromatic amines is 1. The van der Waals surface area contributed by atoms with Crippen molar-refractivity contribution in [1.29, 1.82) is 0 Å². The first-order chi connectivity index (χ1) is 7.79. The smallest absolute Gasteiger partial charge is 0.248 e. The summed E-state index contributed by atoms with van der Waals surface area (Å²) in [4.78, 5) is 13.8. The van der Waals surface area contributed by atoms with Crippen LogP contribution in [0.1, 0.15) is 12.0 Å². The molecule has 1 N–H and O–H groups in total. The molecule has 1 aromatic heterocycles. The van der Waals surface area contributed by atoms with Crippen molar-refractivity contribution in [3.63, 3.8) is 0 Å². The van der Waals surface area contributed by atoms with E-state index in [4.69, 9.17) is 11.6 Å². The Balaban J connectivity index is 2.44. The number of aromatic nitrogens is 1. The molecule has 0 aliphatic carbocycles. The van der Waals surface area contributed by atoms with E-state index < -0.39 is 0 Å². The Morgan fingerprint density at radius 2 is 2.12 bits per heavy atom. The molecule has 0 fully saturated rings. The Morgan fingerprint density at radius 3 is 2.94 bits per heavy atom. The van der Waals surface area contributed by atoms with Crippen molar-refractivity contribution in [3.05, 3.63) is 46.4 Å². The maximum absolute atomic E-state index is 11.1. The summed E-state index contributed by atoms with van der Waals surface area (Å²) in [7, 11) is 0. The van der Waals surface area contributed by atoms with Crippen molar-refractivity contribution in [2.75, 3.05) is 5.88 Å². The highest BCUT2D eigenvalue weighted by Gasteiger charge is 1.95. The third-order valence-corrected chi connectivity index (χ3v) is 2.38. The van der Waals surface area contributed by atoms with Crippen molar-refractivity contribution >= 4 is 22.4 Å². The van der Waals surface area contributed by atoms with Crippen LogP contribution in [-0.4, -0.2) is 10.9 Å². The predicted octanol–water partition coefficient (Wildman–Crippen LogP) is 2.51. The highest BCUT2D eigenvalue weighted by Crippen LogP contribution is 2.12. The Bertz CT molecular complexity index is 619. The molecule has 0 aliphatic heterocycles. The van der Waals surface area contributed by atoms with E-state index in [1.807, 2.05) is 18.2 Å². The second-order valence-electron chi connectivity index (χ2n) is 3.38. The van der Waals surface area contributed by atoms with Gasteiger partial charge in [0.05, 0.1) is 0 Å². The summed E-state index contributed by atoms with van der Waals surface area (Å²) < 4.78 is 0. The first-order valence-electron chi connectivity index (χ1n) is 4.97. The molecule has 1 heterocycles. The van der Waals surface area contributed by atoms with Crippen LogP contribution in [-0.2, 0) is 0 Å². The van der Waals surface area contributed by atoms with Gasteiger partial charge in [0.1, 0.15) is 0 Å². The Kier molecular flexibility index (Phi) is 3.28. The normalized spacial score (nSPS) is 9.81. The summed E-state index contributed by atoms with van der Waals surface area (Å²) in [5.74, 6) is 6.52. The van der Waals surface area contributed by atoms with E-state index in [1.165, 1.54) is 0 Å². The minimum Gasteiger partial charge on any atom is -0.328 e. The fraction of sp³-hybridized carbons (Fsp3) is 0.154. The zero-order chi connectivity index (χ0) is 11.4. The topological polar surface area (TPSA) is 32.9 Å². The van der Waals surface area contributed by atoms with Gasteiger partial charge in [-0.3, -0.25) is 4.79 Å². The maximum Gasteiger partial charge on any atom is 0.248 e. The van der Waals surface area contributed by atoms with Crippen LogP contribution in [0, 0.1) is 11.8 Å². The first-order valence-corrected chi connectivity index (χ1v) is 5.50. The lowest BCUT2D eigenvalue weighted by atomic mass is 10.1. The number of benzene rings is 1. The molecular weight excluding hydrogens is 222 g/mol. The summed E-state index contributed by atoms with van der Waals surface area (Å²) in [5.41, 5.74) is 0.807. The second-order valence-corrected chi connectivity index (χ2v) is 3.76. The molecule has 0 aliphatic rings. The van der Waals surface area contributed by atoms with E-state index in [-0.39, 0.29) is 5.56 Å². The monoisotopic (exact) mass is 231 g/mol. The number of hydrogen-bond acceptors (Lipinski definition) is 1. The number of pyridine rings is 1. The SMILES string of the molecule is O=c1cc2cc(C#CCCCl)ccc2c[nH]1. The molecule has 3 heteroatoms. The van der Waals surface area contributed by atoms with Gasteiger partial charge >= 0.3 is 0 Å². The first kappa shape index (κ1) is 10.8. The van der Waals surface area contributed by atoms with E-state index in [0.717, 1.165) is 16.3 Å². The van der Waals surface area contributed by atoms with Gasteiger partial charge in [0.25, 0.3) is 0 Å². The van der Waals surface area contributed by atoms with Crippen LogP contribution < -0.4 is 5.56 Å². The molecule has 2 aromatic rings. The fourth-order valence-electron chi connectivity index (χ4n) is 1.45. The molecule has 0 saturated heterocycles. The Morgan fingerprint density at radius 1 is 1.25 bits per heavy atom. The quantitative estimate of drug-likeness (QED) is 0.594. The number of alkyl halides is 1. The van der Waals surface area contributed by atoms with Gasteiger partial charge in [-0.15, -0.1) is 11.6 Å².